The van der Waals surface area contributed by atoms with E-state index in [1.807, 2.05) is 0 Å². The van der Waals surface area contributed by atoms with Gasteiger partial charge in [-0.2, -0.15) is 0 Å². The molecule has 0 saturated carbocycles. The fourth-order valence-corrected chi connectivity index (χ4v) is 4.60. The fourth-order valence-electron chi connectivity index (χ4n) is 3.27. The molecule has 0 aliphatic carbocycles. The molecule has 1 aliphatic rings. The minimum Gasteiger partial charge on any atom is -0.465 e. The van der Waals surface area contributed by atoms with Gasteiger partial charge in [-0.3, -0.25) is 9.52 Å². The first-order valence-electron chi connectivity index (χ1n) is 8.40. The Kier molecular flexibility index (Phi) is 4.08. The van der Waals surface area contributed by atoms with E-state index >= 15 is 0 Å². The summed E-state index contributed by atoms with van der Waals surface area (Å²) in [7, 11) is -2.72. The smallest absolute Gasteiger partial charge is 0.337 e. The Balaban J connectivity index is 1.82. The molecule has 4 rings (SSSR count). The lowest BCUT2D eigenvalue weighted by molar-refractivity contribution is 0.0600. The molecule has 0 atom stereocenters. The third kappa shape index (κ3) is 2.78. The van der Waals surface area contributed by atoms with Crippen molar-refractivity contribution in [1.29, 1.82) is 0 Å². The summed E-state index contributed by atoms with van der Waals surface area (Å²) in [6, 6.07) is 12.6. The van der Waals surface area contributed by atoms with E-state index in [-0.39, 0.29) is 22.1 Å². The van der Waals surface area contributed by atoms with Gasteiger partial charge < -0.3 is 10.1 Å². The van der Waals surface area contributed by atoms with Gasteiger partial charge in [0.15, 0.2) is 0 Å². The van der Waals surface area contributed by atoms with E-state index in [1.54, 1.807) is 43.3 Å². The average Bonchev–Trinajstić information content (AvgIpc) is 3.00. The first-order chi connectivity index (χ1) is 13.3. The maximum atomic E-state index is 13.1. The van der Waals surface area contributed by atoms with Crippen LogP contribution in [0.5, 0.6) is 0 Å². The second-order valence-electron chi connectivity index (χ2n) is 6.42. The minimum atomic E-state index is -3.98. The van der Waals surface area contributed by atoms with Crippen molar-refractivity contribution in [3.8, 4) is 0 Å². The lowest BCUT2D eigenvalue weighted by Crippen LogP contribution is -2.15. The second kappa shape index (κ2) is 6.35. The summed E-state index contributed by atoms with van der Waals surface area (Å²) in [6.45, 7) is 1.73. The largest absolute Gasteiger partial charge is 0.465 e. The van der Waals surface area contributed by atoms with Crippen molar-refractivity contribution < 1.29 is 22.7 Å². The molecule has 8 heteroatoms. The Morgan fingerprint density at radius 1 is 1.11 bits per heavy atom. The number of sulfonamides is 1. The second-order valence-corrected chi connectivity index (χ2v) is 8.07. The standard InChI is InChI=1S/C20H16N2O5S/c1-11-6-7-12(20(24)27-2)10-16(11)22-28(25,26)17-9-8-15-18-13(17)4-3-5-14(18)19(23)21-15/h3-10,22H,1-2H3,(H,21,23). The number of carbonyl (C=O) groups is 2. The molecular formula is C20H16N2O5S. The van der Waals surface area contributed by atoms with Crippen LogP contribution in [0.25, 0.3) is 10.8 Å². The predicted octanol–water partition coefficient (Wildman–Crippen LogP) is 3.30. The molecule has 0 bridgehead atoms. The zero-order valence-electron chi connectivity index (χ0n) is 15.1. The molecule has 1 amide bonds. The summed E-state index contributed by atoms with van der Waals surface area (Å²) < 4.78 is 33.5. The Labute approximate surface area is 161 Å². The summed E-state index contributed by atoms with van der Waals surface area (Å²) in [5, 5.41) is 3.76. The molecule has 3 aromatic rings. The first-order valence-corrected chi connectivity index (χ1v) is 9.89. The highest BCUT2D eigenvalue weighted by atomic mass is 32.2. The highest BCUT2D eigenvalue weighted by Crippen LogP contribution is 2.37. The van der Waals surface area contributed by atoms with Crippen molar-refractivity contribution in [2.75, 3.05) is 17.1 Å². The lowest BCUT2D eigenvalue weighted by atomic mass is 10.1. The maximum absolute atomic E-state index is 13.1. The van der Waals surface area contributed by atoms with Crippen molar-refractivity contribution in [1.82, 2.24) is 0 Å². The third-order valence-corrected chi connectivity index (χ3v) is 6.11. The van der Waals surface area contributed by atoms with Crippen LogP contribution < -0.4 is 10.0 Å². The molecule has 0 fully saturated rings. The number of rotatable bonds is 4. The number of anilines is 2. The zero-order valence-corrected chi connectivity index (χ0v) is 15.9. The number of ether oxygens (including phenoxy) is 1. The molecule has 142 valence electrons. The maximum Gasteiger partial charge on any atom is 0.337 e. The molecule has 28 heavy (non-hydrogen) atoms. The number of hydrogen-bond acceptors (Lipinski definition) is 5. The molecule has 0 aromatic heterocycles. The van der Waals surface area contributed by atoms with Crippen LogP contribution in [0.15, 0.2) is 53.4 Å². The number of esters is 1. The molecule has 1 heterocycles. The normalized spacial score (nSPS) is 12.7. The van der Waals surface area contributed by atoms with E-state index in [2.05, 4.69) is 10.0 Å². The van der Waals surface area contributed by atoms with Crippen molar-refractivity contribution >= 4 is 44.0 Å². The van der Waals surface area contributed by atoms with Crippen molar-refractivity contribution in [3.05, 3.63) is 65.2 Å². The summed E-state index contributed by atoms with van der Waals surface area (Å²) >= 11 is 0. The molecule has 0 spiro atoms. The van der Waals surface area contributed by atoms with Crippen molar-refractivity contribution in [2.45, 2.75) is 11.8 Å². The number of benzene rings is 3. The number of nitrogens with one attached hydrogen (secondary N) is 2. The lowest BCUT2D eigenvalue weighted by Gasteiger charge is -2.14. The highest BCUT2D eigenvalue weighted by molar-refractivity contribution is 7.93. The van der Waals surface area contributed by atoms with Gasteiger partial charge in [0.1, 0.15) is 0 Å². The average molecular weight is 396 g/mol. The van der Waals surface area contributed by atoms with E-state index in [0.717, 1.165) is 0 Å². The fraction of sp³-hybridized carbons (Fsp3) is 0.100. The first kappa shape index (κ1) is 18.0. The van der Waals surface area contributed by atoms with Gasteiger partial charge in [0, 0.05) is 22.0 Å². The van der Waals surface area contributed by atoms with Crippen LogP contribution in [-0.4, -0.2) is 27.4 Å². The highest BCUT2D eigenvalue weighted by Gasteiger charge is 2.26. The van der Waals surface area contributed by atoms with Crippen molar-refractivity contribution in [3.63, 3.8) is 0 Å². The van der Waals surface area contributed by atoms with E-state index in [9.17, 15) is 18.0 Å². The van der Waals surface area contributed by atoms with E-state index < -0.39 is 16.0 Å². The van der Waals surface area contributed by atoms with Gasteiger partial charge in [-0.15, -0.1) is 0 Å². The summed E-state index contributed by atoms with van der Waals surface area (Å²) in [6.07, 6.45) is 0. The van der Waals surface area contributed by atoms with Gasteiger partial charge >= 0.3 is 5.97 Å². The Morgan fingerprint density at radius 2 is 1.89 bits per heavy atom. The molecule has 0 radical (unpaired) electrons. The SMILES string of the molecule is COC(=O)c1ccc(C)c(NS(=O)(=O)c2ccc3c4c(cccc24)C(=O)N3)c1. The number of carbonyl (C=O) groups excluding carboxylic acids is 2. The number of aryl methyl sites for hydroxylation is 1. The van der Waals surface area contributed by atoms with E-state index in [0.29, 0.717) is 27.6 Å². The van der Waals surface area contributed by atoms with Gasteiger partial charge in [-0.25, -0.2) is 13.2 Å². The quantitative estimate of drug-likeness (QED) is 0.659. The Bertz CT molecular complexity index is 1270. The topological polar surface area (TPSA) is 102 Å². The predicted molar refractivity (Wildman–Crippen MR) is 105 cm³/mol. The molecule has 0 saturated heterocycles. The van der Waals surface area contributed by atoms with Gasteiger partial charge in [0.25, 0.3) is 15.9 Å². The summed E-state index contributed by atoms with van der Waals surface area (Å²) in [5.41, 5.74) is 2.19. The molecular weight excluding hydrogens is 380 g/mol. The molecule has 3 aromatic carbocycles. The van der Waals surface area contributed by atoms with Gasteiger partial charge in [-0.05, 0) is 42.8 Å². The summed E-state index contributed by atoms with van der Waals surface area (Å²) in [5.74, 6) is -0.819. The molecule has 0 unspecified atom stereocenters. The van der Waals surface area contributed by atoms with Crippen LogP contribution in [-0.2, 0) is 14.8 Å². The third-order valence-electron chi connectivity index (χ3n) is 4.69. The zero-order chi connectivity index (χ0) is 20.1. The Morgan fingerprint density at radius 3 is 2.64 bits per heavy atom. The van der Waals surface area contributed by atoms with Crippen LogP contribution >= 0.6 is 0 Å². The van der Waals surface area contributed by atoms with Crippen molar-refractivity contribution in [2.24, 2.45) is 0 Å². The number of hydrogen-bond donors (Lipinski definition) is 2. The van der Waals surface area contributed by atoms with Crippen LogP contribution in [0.3, 0.4) is 0 Å². The minimum absolute atomic E-state index is 0.0486. The summed E-state index contributed by atoms with van der Waals surface area (Å²) in [4.78, 5) is 23.9. The van der Waals surface area contributed by atoms with Gasteiger partial charge in [-0.1, -0.05) is 18.2 Å². The van der Waals surface area contributed by atoms with Crippen LogP contribution in [0.4, 0.5) is 11.4 Å². The van der Waals surface area contributed by atoms with Crippen LogP contribution in [0.1, 0.15) is 26.3 Å². The van der Waals surface area contributed by atoms with Gasteiger partial charge in [0.05, 0.1) is 23.3 Å². The van der Waals surface area contributed by atoms with E-state index in [4.69, 9.17) is 4.74 Å². The van der Waals surface area contributed by atoms with Crippen LogP contribution in [0.2, 0.25) is 0 Å². The van der Waals surface area contributed by atoms with E-state index in [1.165, 1.54) is 19.2 Å². The molecule has 1 aliphatic heterocycles. The monoisotopic (exact) mass is 396 g/mol. The number of amides is 1. The Hall–Kier alpha value is -3.39. The molecule has 2 N–H and O–H groups in total. The number of methoxy groups -OCH3 is 1. The van der Waals surface area contributed by atoms with Crippen LogP contribution in [0, 0.1) is 6.92 Å². The molecule has 7 nitrogen and oxygen atoms in total. The van der Waals surface area contributed by atoms with Gasteiger partial charge in [0.2, 0.25) is 0 Å².